The van der Waals surface area contributed by atoms with Crippen molar-refractivity contribution in [1.82, 2.24) is 14.5 Å². The van der Waals surface area contributed by atoms with Crippen molar-refractivity contribution in [2.24, 2.45) is 0 Å². The number of aromatic nitrogens is 3. The van der Waals surface area contributed by atoms with Crippen molar-refractivity contribution in [2.45, 2.75) is 13.5 Å². The zero-order chi connectivity index (χ0) is 15.0. The van der Waals surface area contributed by atoms with Crippen LogP contribution >= 0.6 is 15.9 Å². The fourth-order valence-corrected chi connectivity index (χ4v) is 2.60. The molecule has 2 heterocycles. The van der Waals surface area contributed by atoms with Gasteiger partial charge < -0.3 is 5.73 Å². The average Bonchev–Trinajstić information content (AvgIpc) is 2.50. The molecule has 0 saturated heterocycles. The van der Waals surface area contributed by atoms with E-state index in [2.05, 4.69) is 25.9 Å². The first-order chi connectivity index (χ1) is 10.1. The van der Waals surface area contributed by atoms with Crippen molar-refractivity contribution in [1.29, 1.82) is 0 Å². The van der Waals surface area contributed by atoms with Crippen LogP contribution in [-0.2, 0) is 6.54 Å². The van der Waals surface area contributed by atoms with Crippen LogP contribution in [0.2, 0.25) is 0 Å². The monoisotopic (exact) mass is 344 g/mol. The maximum absolute atomic E-state index is 12.2. The number of fused-ring (bicyclic) bond motifs is 1. The predicted octanol–water partition coefficient (Wildman–Crippen LogP) is 2.49. The van der Waals surface area contributed by atoms with E-state index < -0.39 is 0 Å². The molecule has 0 aliphatic carbocycles. The molecule has 0 amide bonds. The average molecular weight is 345 g/mol. The minimum Gasteiger partial charge on any atom is -0.398 e. The molecule has 5 nitrogen and oxygen atoms in total. The maximum Gasteiger partial charge on any atom is 0.268 e. The van der Waals surface area contributed by atoms with Crippen LogP contribution in [0, 0.1) is 6.92 Å². The van der Waals surface area contributed by atoms with E-state index >= 15 is 0 Å². The standard InChI is InChI=1S/C15H13BrN4O/c1-9-19-7-12(16)15(21)20(9)8-10-4-5-13(17)11-3-2-6-18-14(10)11/h2-7H,8,17H2,1H3. The second kappa shape index (κ2) is 5.29. The van der Waals surface area contributed by atoms with Crippen LogP contribution in [0.1, 0.15) is 11.4 Å². The molecule has 21 heavy (non-hydrogen) atoms. The third kappa shape index (κ3) is 2.42. The Morgan fingerprint density at radius 2 is 2.10 bits per heavy atom. The molecule has 0 aliphatic heterocycles. The Kier molecular flexibility index (Phi) is 3.47. The van der Waals surface area contributed by atoms with Gasteiger partial charge in [0.15, 0.2) is 0 Å². The van der Waals surface area contributed by atoms with Gasteiger partial charge in [-0.1, -0.05) is 6.07 Å². The van der Waals surface area contributed by atoms with Crippen LogP contribution < -0.4 is 11.3 Å². The molecule has 1 aromatic carbocycles. The summed E-state index contributed by atoms with van der Waals surface area (Å²) in [6.45, 7) is 2.21. The molecule has 6 heteroatoms. The molecule has 0 aliphatic rings. The van der Waals surface area contributed by atoms with Gasteiger partial charge in [-0.25, -0.2) is 4.98 Å². The summed E-state index contributed by atoms with van der Waals surface area (Å²) in [5, 5.41) is 0.892. The number of hydrogen-bond acceptors (Lipinski definition) is 4. The fraction of sp³-hybridized carbons (Fsp3) is 0.133. The van der Waals surface area contributed by atoms with E-state index in [4.69, 9.17) is 5.73 Å². The normalized spacial score (nSPS) is 11.0. The summed E-state index contributed by atoms with van der Waals surface area (Å²) in [6, 6.07) is 7.51. The molecular formula is C15H13BrN4O. The summed E-state index contributed by atoms with van der Waals surface area (Å²) in [7, 11) is 0. The third-order valence-electron chi connectivity index (χ3n) is 3.42. The van der Waals surface area contributed by atoms with Crippen LogP contribution in [0.3, 0.4) is 0 Å². The largest absolute Gasteiger partial charge is 0.398 e. The highest BCUT2D eigenvalue weighted by atomic mass is 79.9. The third-order valence-corrected chi connectivity index (χ3v) is 3.96. The molecular weight excluding hydrogens is 332 g/mol. The Morgan fingerprint density at radius 3 is 2.90 bits per heavy atom. The van der Waals surface area contributed by atoms with Gasteiger partial charge in [0.2, 0.25) is 0 Å². The topological polar surface area (TPSA) is 73.8 Å². The van der Waals surface area contributed by atoms with Gasteiger partial charge >= 0.3 is 0 Å². The SMILES string of the molecule is Cc1ncc(Br)c(=O)n1Cc1ccc(N)c2cccnc12. The van der Waals surface area contributed by atoms with Crippen LogP contribution in [-0.4, -0.2) is 14.5 Å². The lowest BCUT2D eigenvalue weighted by Gasteiger charge is -2.12. The van der Waals surface area contributed by atoms with Gasteiger partial charge in [0.1, 0.15) is 10.3 Å². The number of hydrogen-bond donors (Lipinski definition) is 1. The van der Waals surface area contributed by atoms with E-state index in [0.29, 0.717) is 22.5 Å². The van der Waals surface area contributed by atoms with Gasteiger partial charge in [0.05, 0.1) is 12.1 Å². The molecule has 3 rings (SSSR count). The number of nitrogen functional groups attached to an aromatic ring is 1. The maximum atomic E-state index is 12.2. The molecule has 0 radical (unpaired) electrons. The molecule has 0 saturated carbocycles. The van der Waals surface area contributed by atoms with E-state index in [-0.39, 0.29) is 5.56 Å². The van der Waals surface area contributed by atoms with E-state index in [1.54, 1.807) is 17.7 Å². The smallest absolute Gasteiger partial charge is 0.268 e. The number of nitrogens with zero attached hydrogens (tertiary/aromatic N) is 3. The molecule has 106 valence electrons. The quantitative estimate of drug-likeness (QED) is 0.724. The Bertz CT molecular complexity index is 888. The Labute approximate surface area is 129 Å². The molecule has 2 aromatic heterocycles. The van der Waals surface area contributed by atoms with Crippen LogP contribution in [0.25, 0.3) is 10.9 Å². The van der Waals surface area contributed by atoms with Crippen LogP contribution in [0.4, 0.5) is 5.69 Å². The second-order valence-corrected chi connectivity index (χ2v) is 5.61. The Morgan fingerprint density at radius 1 is 1.29 bits per heavy atom. The first-order valence-corrected chi connectivity index (χ1v) is 7.21. The van der Waals surface area contributed by atoms with E-state index in [0.717, 1.165) is 16.5 Å². The molecule has 3 aromatic rings. The number of anilines is 1. The van der Waals surface area contributed by atoms with Crippen molar-refractivity contribution >= 4 is 32.5 Å². The lowest BCUT2D eigenvalue weighted by molar-refractivity contribution is 0.698. The number of pyridine rings is 1. The van der Waals surface area contributed by atoms with Crippen molar-refractivity contribution in [3.8, 4) is 0 Å². The molecule has 0 spiro atoms. The minimum atomic E-state index is -0.108. The summed E-state index contributed by atoms with van der Waals surface area (Å²) in [5.41, 5.74) is 8.29. The van der Waals surface area contributed by atoms with Gasteiger partial charge in [-0.05, 0) is 46.6 Å². The van der Waals surface area contributed by atoms with Crippen molar-refractivity contribution in [2.75, 3.05) is 5.73 Å². The number of halogens is 1. The van der Waals surface area contributed by atoms with Crippen molar-refractivity contribution in [3.63, 3.8) is 0 Å². The zero-order valence-electron chi connectivity index (χ0n) is 11.4. The summed E-state index contributed by atoms with van der Waals surface area (Å²) in [5.74, 6) is 0.657. The van der Waals surface area contributed by atoms with Crippen molar-refractivity contribution < 1.29 is 0 Å². The second-order valence-electron chi connectivity index (χ2n) is 4.76. The fourth-order valence-electron chi connectivity index (χ4n) is 2.29. The predicted molar refractivity (Wildman–Crippen MR) is 86.2 cm³/mol. The molecule has 0 atom stereocenters. The van der Waals surface area contributed by atoms with Gasteiger partial charge in [0.25, 0.3) is 5.56 Å². The molecule has 0 bridgehead atoms. The first kappa shape index (κ1) is 13.8. The number of rotatable bonds is 2. The molecule has 0 unspecified atom stereocenters. The highest BCUT2D eigenvalue weighted by Gasteiger charge is 2.10. The van der Waals surface area contributed by atoms with Gasteiger partial charge in [-0.3, -0.25) is 14.3 Å². The zero-order valence-corrected chi connectivity index (χ0v) is 13.0. The minimum absolute atomic E-state index is 0.108. The highest BCUT2D eigenvalue weighted by Crippen LogP contribution is 2.23. The van der Waals surface area contributed by atoms with E-state index in [1.807, 2.05) is 24.3 Å². The van der Waals surface area contributed by atoms with E-state index in [9.17, 15) is 4.79 Å². The van der Waals surface area contributed by atoms with Gasteiger partial charge in [-0.2, -0.15) is 0 Å². The van der Waals surface area contributed by atoms with Crippen LogP contribution in [0.15, 0.2) is 45.9 Å². The summed E-state index contributed by atoms with van der Waals surface area (Å²) in [4.78, 5) is 20.8. The van der Waals surface area contributed by atoms with Crippen molar-refractivity contribution in [3.05, 3.63) is 62.9 Å². The van der Waals surface area contributed by atoms with Gasteiger partial charge in [0, 0.05) is 23.5 Å². The molecule has 0 fully saturated rings. The molecule has 2 N–H and O–H groups in total. The lowest BCUT2D eigenvalue weighted by atomic mass is 10.1. The van der Waals surface area contributed by atoms with Gasteiger partial charge in [-0.15, -0.1) is 0 Å². The number of aryl methyl sites for hydroxylation is 1. The Balaban J connectivity index is 2.18. The summed E-state index contributed by atoms with van der Waals surface area (Å²) < 4.78 is 2.06. The van der Waals surface area contributed by atoms with E-state index in [1.165, 1.54) is 6.20 Å². The van der Waals surface area contributed by atoms with Crippen LogP contribution in [0.5, 0.6) is 0 Å². The summed E-state index contributed by atoms with van der Waals surface area (Å²) >= 11 is 3.22. The first-order valence-electron chi connectivity index (χ1n) is 6.42. The Hall–Kier alpha value is -2.21. The lowest BCUT2D eigenvalue weighted by Crippen LogP contribution is -2.24. The highest BCUT2D eigenvalue weighted by molar-refractivity contribution is 9.10. The summed E-state index contributed by atoms with van der Waals surface area (Å²) in [6.07, 6.45) is 3.24. The number of nitrogens with two attached hydrogens (primary N) is 1. The number of benzene rings is 1.